The second kappa shape index (κ2) is 6.04. The van der Waals surface area contributed by atoms with Crippen LogP contribution >= 0.6 is 0 Å². The van der Waals surface area contributed by atoms with Crippen LogP contribution in [-0.4, -0.2) is 11.9 Å². The van der Waals surface area contributed by atoms with Gasteiger partial charge in [-0.2, -0.15) is 0 Å². The van der Waals surface area contributed by atoms with Gasteiger partial charge in [0.2, 0.25) is 5.91 Å². The van der Waals surface area contributed by atoms with Crippen molar-refractivity contribution < 1.29 is 9.18 Å². The Kier molecular flexibility index (Phi) is 4.40. The van der Waals surface area contributed by atoms with Gasteiger partial charge in [0.1, 0.15) is 5.82 Å². The number of rotatable bonds is 3. The SMILES string of the molecule is CC1CCCC(Nc2cc(C(N)=O)ccc2F)CC1. The van der Waals surface area contributed by atoms with Crippen molar-refractivity contribution in [1.29, 1.82) is 0 Å². The summed E-state index contributed by atoms with van der Waals surface area (Å²) in [5.74, 6) is -0.117. The summed E-state index contributed by atoms with van der Waals surface area (Å²) in [4.78, 5) is 11.1. The van der Waals surface area contributed by atoms with E-state index >= 15 is 0 Å². The van der Waals surface area contributed by atoms with Crippen LogP contribution in [-0.2, 0) is 0 Å². The molecule has 19 heavy (non-hydrogen) atoms. The van der Waals surface area contributed by atoms with Crippen LogP contribution in [0.5, 0.6) is 0 Å². The van der Waals surface area contributed by atoms with Crippen LogP contribution in [0.25, 0.3) is 0 Å². The molecule has 2 atom stereocenters. The van der Waals surface area contributed by atoms with Crippen molar-refractivity contribution >= 4 is 11.6 Å². The highest BCUT2D eigenvalue weighted by Crippen LogP contribution is 2.26. The summed E-state index contributed by atoms with van der Waals surface area (Å²) in [6, 6.07) is 4.49. The Bertz CT molecular complexity index is 461. The lowest BCUT2D eigenvalue weighted by Crippen LogP contribution is -2.20. The smallest absolute Gasteiger partial charge is 0.248 e. The summed E-state index contributed by atoms with van der Waals surface area (Å²) < 4.78 is 13.8. The zero-order valence-corrected chi connectivity index (χ0v) is 11.3. The monoisotopic (exact) mass is 264 g/mol. The molecule has 0 radical (unpaired) electrons. The fourth-order valence-corrected chi connectivity index (χ4v) is 2.64. The van der Waals surface area contributed by atoms with Gasteiger partial charge >= 0.3 is 0 Å². The van der Waals surface area contributed by atoms with E-state index in [1.807, 2.05) is 0 Å². The fraction of sp³-hybridized carbons (Fsp3) is 0.533. The molecule has 0 saturated heterocycles. The zero-order chi connectivity index (χ0) is 13.8. The van der Waals surface area contributed by atoms with Gasteiger partial charge in [0.05, 0.1) is 5.69 Å². The number of primary amides is 1. The van der Waals surface area contributed by atoms with Crippen LogP contribution in [0.3, 0.4) is 0 Å². The van der Waals surface area contributed by atoms with E-state index in [-0.39, 0.29) is 11.9 Å². The van der Waals surface area contributed by atoms with Gasteiger partial charge in [0.15, 0.2) is 0 Å². The number of hydrogen-bond acceptors (Lipinski definition) is 2. The molecule has 3 nitrogen and oxygen atoms in total. The van der Waals surface area contributed by atoms with E-state index in [9.17, 15) is 9.18 Å². The van der Waals surface area contributed by atoms with Crippen LogP contribution in [0.15, 0.2) is 18.2 Å². The van der Waals surface area contributed by atoms with Gasteiger partial charge in [-0.15, -0.1) is 0 Å². The molecule has 4 heteroatoms. The normalized spacial score (nSPS) is 23.7. The first-order valence-corrected chi connectivity index (χ1v) is 6.92. The average molecular weight is 264 g/mol. The number of amides is 1. The minimum absolute atomic E-state index is 0.280. The summed E-state index contributed by atoms with van der Waals surface area (Å²) in [6.45, 7) is 2.26. The lowest BCUT2D eigenvalue weighted by atomic mass is 10.0. The van der Waals surface area contributed by atoms with Crippen molar-refractivity contribution in [2.45, 2.75) is 45.1 Å². The second-order valence-electron chi connectivity index (χ2n) is 5.51. The quantitative estimate of drug-likeness (QED) is 0.823. The largest absolute Gasteiger partial charge is 0.380 e. The van der Waals surface area contributed by atoms with Crippen molar-refractivity contribution in [2.75, 3.05) is 5.32 Å². The predicted molar refractivity (Wildman–Crippen MR) is 74.6 cm³/mol. The summed E-state index contributed by atoms with van der Waals surface area (Å²) in [6.07, 6.45) is 5.65. The van der Waals surface area contributed by atoms with E-state index in [1.165, 1.54) is 24.6 Å². The number of anilines is 1. The maximum absolute atomic E-state index is 13.8. The molecule has 2 rings (SSSR count). The number of carbonyl (C=O) groups excluding carboxylic acids is 1. The molecule has 104 valence electrons. The number of hydrogen-bond donors (Lipinski definition) is 2. The van der Waals surface area contributed by atoms with Gasteiger partial charge in [-0.25, -0.2) is 4.39 Å². The molecule has 0 heterocycles. The molecule has 1 saturated carbocycles. The van der Waals surface area contributed by atoms with Crippen molar-refractivity contribution in [3.8, 4) is 0 Å². The Morgan fingerprint density at radius 2 is 2.11 bits per heavy atom. The van der Waals surface area contributed by atoms with E-state index < -0.39 is 5.91 Å². The Morgan fingerprint density at radius 3 is 2.84 bits per heavy atom. The molecule has 1 fully saturated rings. The maximum Gasteiger partial charge on any atom is 0.248 e. The maximum atomic E-state index is 13.8. The van der Waals surface area contributed by atoms with Gasteiger partial charge in [-0.05, 0) is 43.4 Å². The molecule has 0 aromatic heterocycles. The summed E-state index contributed by atoms with van der Waals surface area (Å²) >= 11 is 0. The van der Waals surface area contributed by atoms with E-state index in [1.54, 1.807) is 0 Å². The van der Waals surface area contributed by atoms with E-state index in [4.69, 9.17) is 5.73 Å². The molecular weight excluding hydrogens is 243 g/mol. The van der Waals surface area contributed by atoms with E-state index in [0.29, 0.717) is 11.3 Å². The first-order chi connectivity index (χ1) is 9.06. The number of carbonyl (C=O) groups is 1. The van der Waals surface area contributed by atoms with Crippen molar-refractivity contribution in [2.24, 2.45) is 11.7 Å². The summed E-state index contributed by atoms with van der Waals surface area (Å²) in [5.41, 5.74) is 5.94. The highest BCUT2D eigenvalue weighted by Gasteiger charge is 2.17. The average Bonchev–Trinajstić information content (AvgIpc) is 2.57. The molecule has 0 bridgehead atoms. The van der Waals surface area contributed by atoms with Crippen LogP contribution < -0.4 is 11.1 Å². The first kappa shape index (κ1) is 13.8. The van der Waals surface area contributed by atoms with Gasteiger partial charge in [0.25, 0.3) is 0 Å². The van der Waals surface area contributed by atoms with Crippen LogP contribution in [0, 0.1) is 11.7 Å². The molecule has 0 aliphatic heterocycles. The zero-order valence-electron chi connectivity index (χ0n) is 11.3. The predicted octanol–water partition coefficient (Wildman–Crippen LogP) is 3.31. The van der Waals surface area contributed by atoms with Crippen LogP contribution in [0.2, 0.25) is 0 Å². The van der Waals surface area contributed by atoms with E-state index in [2.05, 4.69) is 12.2 Å². The summed E-state index contributed by atoms with van der Waals surface area (Å²) in [5, 5.41) is 3.22. The van der Waals surface area contributed by atoms with Gasteiger partial charge in [-0.1, -0.05) is 19.8 Å². The third-order valence-corrected chi connectivity index (χ3v) is 3.87. The minimum Gasteiger partial charge on any atom is -0.380 e. The molecule has 1 aromatic rings. The number of nitrogens with one attached hydrogen (secondary N) is 1. The standard InChI is InChI=1S/C15H21FN2O/c1-10-3-2-4-12(7-5-10)18-14-9-11(15(17)19)6-8-13(14)16/h6,8-10,12,18H,2-5,7H2,1H3,(H2,17,19). The highest BCUT2D eigenvalue weighted by atomic mass is 19.1. The summed E-state index contributed by atoms with van der Waals surface area (Å²) in [7, 11) is 0. The second-order valence-corrected chi connectivity index (χ2v) is 5.51. The molecule has 1 aliphatic rings. The number of halogens is 1. The third kappa shape index (κ3) is 3.69. The highest BCUT2D eigenvalue weighted by molar-refractivity contribution is 5.93. The molecular formula is C15H21FN2O. The number of nitrogens with two attached hydrogens (primary N) is 1. The van der Waals surface area contributed by atoms with Crippen LogP contribution in [0.1, 0.15) is 49.4 Å². The Morgan fingerprint density at radius 1 is 1.32 bits per heavy atom. The van der Waals surface area contributed by atoms with Crippen LogP contribution in [0.4, 0.5) is 10.1 Å². The topological polar surface area (TPSA) is 55.1 Å². The fourth-order valence-electron chi connectivity index (χ4n) is 2.64. The number of benzene rings is 1. The van der Waals surface area contributed by atoms with Crippen molar-refractivity contribution in [3.05, 3.63) is 29.6 Å². The molecule has 1 amide bonds. The van der Waals surface area contributed by atoms with Gasteiger partial charge in [-0.3, -0.25) is 4.79 Å². The Hall–Kier alpha value is -1.58. The van der Waals surface area contributed by atoms with Crippen molar-refractivity contribution in [1.82, 2.24) is 0 Å². The molecule has 1 aliphatic carbocycles. The third-order valence-electron chi connectivity index (χ3n) is 3.87. The minimum atomic E-state index is -0.530. The molecule has 1 aromatic carbocycles. The molecule has 3 N–H and O–H groups in total. The first-order valence-electron chi connectivity index (χ1n) is 6.92. The van der Waals surface area contributed by atoms with E-state index in [0.717, 1.165) is 31.6 Å². The van der Waals surface area contributed by atoms with Gasteiger partial charge < -0.3 is 11.1 Å². The molecule has 2 unspecified atom stereocenters. The van der Waals surface area contributed by atoms with Gasteiger partial charge in [0, 0.05) is 11.6 Å². The molecule has 0 spiro atoms. The Balaban J connectivity index is 2.09. The lowest BCUT2D eigenvalue weighted by molar-refractivity contribution is 0.100. The Labute approximate surface area is 113 Å². The van der Waals surface area contributed by atoms with Crippen molar-refractivity contribution in [3.63, 3.8) is 0 Å². The lowest BCUT2D eigenvalue weighted by Gasteiger charge is -2.18.